The molecule has 2 amide bonds. The van der Waals surface area contributed by atoms with Gasteiger partial charge in [-0.15, -0.1) is 0 Å². The van der Waals surface area contributed by atoms with Gasteiger partial charge in [0.15, 0.2) is 17.5 Å². The summed E-state index contributed by atoms with van der Waals surface area (Å²) in [5, 5.41) is 0. The summed E-state index contributed by atoms with van der Waals surface area (Å²) in [6.45, 7) is 4.34. The molecule has 0 aliphatic carbocycles. The summed E-state index contributed by atoms with van der Waals surface area (Å²) in [5.74, 6) is -4.45. The van der Waals surface area contributed by atoms with E-state index in [0.29, 0.717) is 31.8 Å². The number of rotatable bonds is 2. The Hall–Kier alpha value is -2.05. The Kier molecular flexibility index (Phi) is 5.53. The highest BCUT2D eigenvalue weighted by molar-refractivity contribution is 5.94. The first-order valence-corrected chi connectivity index (χ1v) is 9.10. The Morgan fingerprint density at radius 2 is 1.46 bits per heavy atom. The van der Waals surface area contributed by atoms with Crippen molar-refractivity contribution in [2.75, 3.05) is 26.2 Å². The van der Waals surface area contributed by atoms with Gasteiger partial charge in [0, 0.05) is 32.1 Å². The average molecular weight is 368 g/mol. The minimum absolute atomic E-state index is 0.128. The van der Waals surface area contributed by atoms with Crippen molar-refractivity contribution in [2.24, 2.45) is 11.8 Å². The van der Waals surface area contributed by atoms with E-state index in [9.17, 15) is 22.8 Å². The Morgan fingerprint density at radius 1 is 0.885 bits per heavy atom. The molecule has 0 aromatic heterocycles. The fraction of sp³-hybridized carbons (Fsp3) is 0.579. The summed E-state index contributed by atoms with van der Waals surface area (Å²) in [5.41, 5.74) is -0.473. The van der Waals surface area contributed by atoms with Crippen LogP contribution in [0.4, 0.5) is 13.2 Å². The van der Waals surface area contributed by atoms with Crippen molar-refractivity contribution in [3.05, 3.63) is 35.1 Å². The summed E-state index contributed by atoms with van der Waals surface area (Å²) in [6, 6.07) is 1.71. The van der Waals surface area contributed by atoms with Crippen LogP contribution in [0.3, 0.4) is 0 Å². The van der Waals surface area contributed by atoms with E-state index in [0.717, 1.165) is 38.1 Å². The topological polar surface area (TPSA) is 40.6 Å². The number of likely N-dealkylation sites (tertiary alicyclic amines) is 2. The average Bonchev–Trinajstić information content (AvgIpc) is 2.66. The summed E-state index contributed by atoms with van der Waals surface area (Å²) in [4.78, 5) is 28.3. The highest BCUT2D eigenvalue weighted by Crippen LogP contribution is 2.25. The van der Waals surface area contributed by atoms with Crippen LogP contribution in [0.2, 0.25) is 0 Å². The zero-order valence-electron chi connectivity index (χ0n) is 14.8. The number of hydrogen-bond acceptors (Lipinski definition) is 2. The van der Waals surface area contributed by atoms with Crippen molar-refractivity contribution in [2.45, 2.75) is 32.6 Å². The van der Waals surface area contributed by atoms with Crippen LogP contribution in [0.25, 0.3) is 0 Å². The Balaban J connectivity index is 1.59. The van der Waals surface area contributed by atoms with Crippen molar-refractivity contribution >= 4 is 11.8 Å². The molecule has 2 saturated heterocycles. The van der Waals surface area contributed by atoms with Crippen molar-refractivity contribution in [1.29, 1.82) is 0 Å². The van der Waals surface area contributed by atoms with Crippen molar-refractivity contribution in [1.82, 2.24) is 9.80 Å². The second-order valence-electron chi connectivity index (χ2n) is 7.30. The molecule has 1 aromatic rings. The first-order valence-electron chi connectivity index (χ1n) is 9.10. The molecular weight excluding hydrogens is 345 g/mol. The number of benzene rings is 1. The number of carbonyl (C=O) groups is 2. The van der Waals surface area contributed by atoms with Crippen LogP contribution >= 0.6 is 0 Å². The maximum atomic E-state index is 13.8. The Labute approximate surface area is 151 Å². The molecule has 0 N–H and O–H groups in total. The van der Waals surface area contributed by atoms with Crippen molar-refractivity contribution in [3.8, 4) is 0 Å². The van der Waals surface area contributed by atoms with Gasteiger partial charge in [0.1, 0.15) is 0 Å². The normalized spacial score (nSPS) is 19.7. The number of carbonyl (C=O) groups excluding carboxylic acids is 2. The van der Waals surface area contributed by atoms with Crippen LogP contribution in [0.5, 0.6) is 0 Å². The van der Waals surface area contributed by atoms with Gasteiger partial charge in [-0.05, 0) is 43.7 Å². The quantitative estimate of drug-likeness (QED) is 0.752. The summed E-state index contributed by atoms with van der Waals surface area (Å²) in [6.07, 6.45) is 3.03. The number of halogens is 3. The number of piperidine rings is 2. The van der Waals surface area contributed by atoms with Crippen LogP contribution in [0.1, 0.15) is 43.0 Å². The molecule has 0 atom stereocenters. The van der Waals surface area contributed by atoms with Gasteiger partial charge in [0.2, 0.25) is 5.91 Å². The largest absolute Gasteiger partial charge is 0.342 e. The maximum Gasteiger partial charge on any atom is 0.256 e. The van der Waals surface area contributed by atoms with Crippen LogP contribution in [-0.2, 0) is 4.79 Å². The van der Waals surface area contributed by atoms with Gasteiger partial charge in [-0.25, -0.2) is 13.2 Å². The lowest BCUT2D eigenvalue weighted by Crippen LogP contribution is -2.46. The first-order chi connectivity index (χ1) is 12.4. The lowest BCUT2D eigenvalue weighted by Gasteiger charge is -2.36. The second-order valence-corrected chi connectivity index (χ2v) is 7.30. The standard InChI is InChI=1S/C19H23F3N2O2/c1-12-4-8-23(9-5-12)18(25)13-6-10-24(11-7-13)19(26)14-2-3-15(20)17(22)16(14)21/h2-3,12-13H,4-11H2,1H3. The zero-order valence-corrected chi connectivity index (χ0v) is 14.8. The van der Waals surface area contributed by atoms with Gasteiger partial charge >= 0.3 is 0 Å². The van der Waals surface area contributed by atoms with Gasteiger partial charge in [-0.3, -0.25) is 9.59 Å². The van der Waals surface area contributed by atoms with Gasteiger partial charge in [-0.2, -0.15) is 0 Å². The lowest BCUT2D eigenvalue weighted by atomic mass is 9.92. The van der Waals surface area contributed by atoms with Gasteiger partial charge in [0.25, 0.3) is 5.91 Å². The minimum atomic E-state index is -1.64. The fourth-order valence-electron chi connectivity index (χ4n) is 3.68. The molecule has 26 heavy (non-hydrogen) atoms. The van der Waals surface area contributed by atoms with E-state index in [1.807, 2.05) is 4.90 Å². The molecule has 142 valence electrons. The van der Waals surface area contributed by atoms with Crippen molar-refractivity contribution in [3.63, 3.8) is 0 Å². The second kappa shape index (κ2) is 7.68. The van der Waals surface area contributed by atoms with E-state index < -0.39 is 28.9 Å². The maximum absolute atomic E-state index is 13.8. The molecule has 2 aliphatic heterocycles. The third-order valence-electron chi connectivity index (χ3n) is 5.49. The Morgan fingerprint density at radius 3 is 2.08 bits per heavy atom. The van der Waals surface area contributed by atoms with Crippen molar-refractivity contribution < 1.29 is 22.8 Å². The molecule has 2 heterocycles. The summed E-state index contributed by atoms with van der Waals surface area (Å²) >= 11 is 0. The van der Waals surface area contributed by atoms with Crippen LogP contribution < -0.4 is 0 Å². The minimum Gasteiger partial charge on any atom is -0.342 e. The Bertz CT molecular complexity index is 694. The van der Waals surface area contributed by atoms with E-state index in [1.165, 1.54) is 4.90 Å². The molecule has 4 nitrogen and oxygen atoms in total. The third kappa shape index (κ3) is 3.71. The van der Waals surface area contributed by atoms with E-state index in [-0.39, 0.29) is 11.8 Å². The third-order valence-corrected chi connectivity index (χ3v) is 5.49. The highest BCUT2D eigenvalue weighted by atomic mass is 19.2. The monoisotopic (exact) mass is 368 g/mol. The zero-order chi connectivity index (χ0) is 18.8. The fourth-order valence-corrected chi connectivity index (χ4v) is 3.68. The van der Waals surface area contributed by atoms with E-state index in [1.54, 1.807) is 0 Å². The first kappa shape index (κ1) is 18.7. The number of amides is 2. The molecular formula is C19H23F3N2O2. The van der Waals surface area contributed by atoms with Crippen LogP contribution in [0, 0.1) is 29.3 Å². The molecule has 0 saturated carbocycles. The summed E-state index contributed by atoms with van der Waals surface area (Å²) in [7, 11) is 0. The highest BCUT2D eigenvalue weighted by Gasteiger charge is 2.32. The van der Waals surface area contributed by atoms with Crippen LogP contribution in [-0.4, -0.2) is 47.8 Å². The molecule has 0 radical (unpaired) electrons. The molecule has 0 bridgehead atoms. The molecule has 2 fully saturated rings. The molecule has 3 rings (SSSR count). The molecule has 0 spiro atoms. The van der Waals surface area contributed by atoms with E-state index >= 15 is 0 Å². The molecule has 2 aliphatic rings. The SMILES string of the molecule is CC1CCN(C(=O)C2CCN(C(=O)c3ccc(F)c(F)c3F)CC2)CC1. The van der Waals surface area contributed by atoms with E-state index in [2.05, 4.69) is 6.92 Å². The number of hydrogen-bond donors (Lipinski definition) is 0. The summed E-state index contributed by atoms with van der Waals surface area (Å²) < 4.78 is 40.2. The lowest BCUT2D eigenvalue weighted by molar-refractivity contribution is -0.138. The molecule has 1 aromatic carbocycles. The molecule has 7 heteroatoms. The molecule has 0 unspecified atom stereocenters. The van der Waals surface area contributed by atoms with Gasteiger partial charge < -0.3 is 9.80 Å². The van der Waals surface area contributed by atoms with E-state index in [4.69, 9.17) is 0 Å². The predicted octanol–water partition coefficient (Wildman–Crippen LogP) is 3.21. The van der Waals surface area contributed by atoms with Crippen LogP contribution in [0.15, 0.2) is 12.1 Å². The number of nitrogens with zero attached hydrogens (tertiary/aromatic N) is 2. The van der Waals surface area contributed by atoms with Gasteiger partial charge in [-0.1, -0.05) is 6.92 Å². The van der Waals surface area contributed by atoms with Gasteiger partial charge in [0.05, 0.1) is 5.56 Å². The predicted molar refractivity (Wildman–Crippen MR) is 89.9 cm³/mol. The smallest absolute Gasteiger partial charge is 0.256 e.